The lowest BCUT2D eigenvalue weighted by molar-refractivity contribution is 0.0938. The molecule has 1 aromatic heterocycles. The van der Waals surface area contributed by atoms with Crippen LogP contribution in [0.2, 0.25) is 0 Å². The van der Waals surface area contributed by atoms with Crippen LogP contribution in [-0.4, -0.2) is 35.0 Å². The minimum absolute atomic E-state index is 0.000191. The molecule has 0 radical (unpaired) electrons. The number of hydrogen-bond acceptors (Lipinski definition) is 2. The van der Waals surface area contributed by atoms with E-state index in [1.165, 1.54) is 18.5 Å². The standard InChI is InChI=1S/C22H25N3O/c1-24-13-7-12-20(24)21(25-14-4-5-15-25)16-23-22(26)19-11-6-9-17-8-2-3-10-18(17)19/h2-3,6-13,21H,4-5,14-16H2,1H3,(H,23,26). The third kappa shape index (κ3) is 3.25. The SMILES string of the molecule is Cn1cccc1C(CNC(=O)c1cccc2ccccc12)N1CCCC1. The van der Waals surface area contributed by atoms with Crippen molar-refractivity contribution in [3.8, 4) is 0 Å². The molecule has 4 nitrogen and oxygen atoms in total. The van der Waals surface area contributed by atoms with Crippen LogP contribution in [0, 0.1) is 0 Å². The Morgan fingerprint density at radius 1 is 1.04 bits per heavy atom. The lowest BCUT2D eigenvalue weighted by Crippen LogP contribution is -2.37. The molecule has 3 aromatic rings. The molecule has 1 atom stereocenters. The molecule has 1 N–H and O–H groups in total. The lowest BCUT2D eigenvalue weighted by Gasteiger charge is -2.28. The number of amides is 1. The van der Waals surface area contributed by atoms with Crippen LogP contribution in [0.5, 0.6) is 0 Å². The first kappa shape index (κ1) is 16.9. The van der Waals surface area contributed by atoms with Gasteiger partial charge in [0.05, 0.1) is 6.04 Å². The van der Waals surface area contributed by atoms with Crippen LogP contribution >= 0.6 is 0 Å². The van der Waals surface area contributed by atoms with Gasteiger partial charge in [0.25, 0.3) is 5.91 Å². The van der Waals surface area contributed by atoms with Crippen molar-refractivity contribution in [1.82, 2.24) is 14.8 Å². The highest BCUT2D eigenvalue weighted by Crippen LogP contribution is 2.25. The zero-order valence-electron chi connectivity index (χ0n) is 15.2. The van der Waals surface area contributed by atoms with Gasteiger partial charge in [-0.05, 0) is 54.9 Å². The molecule has 2 heterocycles. The average molecular weight is 347 g/mol. The highest BCUT2D eigenvalue weighted by Gasteiger charge is 2.25. The maximum atomic E-state index is 12.9. The molecule has 4 heteroatoms. The molecule has 1 amide bonds. The maximum absolute atomic E-state index is 12.9. The quantitative estimate of drug-likeness (QED) is 0.763. The van der Waals surface area contributed by atoms with Gasteiger partial charge >= 0.3 is 0 Å². The Bertz CT molecular complexity index is 903. The predicted octanol–water partition coefficient (Wildman–Crippen LogP) is 3.75. The number of nitrogens with zero attached hydrogens (tertiary/aromatic N) is 2. The van der Waals surface area contributed by atoms with Crippen LogP contribution in [0.15, 0.2) is 60.8 Å². The first-order chi connectivity index (χ1) is 12.7. The van der Waals surface area contributed by atoms with Crippen LogP contribution in [0.4, 0.5) is 0 Å². The van der Waals surface area contributed by atoms with Gasteiger partial charge in [0.1, 0.15) is 0 Å². The molecule has 1 aliphatic heterocycles. The molecule has 134 valence electrons. The summed E-state index contributed by atoms with van der Waals surface area (Å²) in [4.78, 5) is 15.4. The van der Waals surface area contributed by atoms with Crippen molar-refractivity contribution in [2.24, 2.45) is 7.05 Å². The number of nitrogens with one attached hydrogen (secondary N) is 1. The first-order valence-electron chi connectivity index (χ1n) is 9.35. The summed E-state index contributed by atoms with van der Waals surface area (Å²) >= 11 is 0. The smallest absolute Gasteiger partial charge is 0.251 e. The molecular formula is C22H25N3O. The summed E-state index contributed by atoms with van der Waals surface area (Å²) in [6.07, 6.45) is 4.54. The second kappa shape index (κ2) is 7.34. The van der Waals surface area contributed by atoms with Crippen molar-refractivity contribution in [2.45, 2.75) is 18.9 Å². The van der Waals surface area contributed by atoms with E-state index >= 15 is 0 Å². The Kier molecular flexibility index (Phi) is 4.76. The first-order valence-corrected chi connectivity index (χ1v) is 9.35. The van der Waals surface area contributed by atoms with Crippen LogP contribution in [0.1, 0.15) is 34.9 Å². The number of benzene rings is 2. The van der Waals surface area contributed by atoms with E-state index in [9.17, 15) is 4.79 Å². The Morgan fingerprint density at radius 2 is 1.81 bits per heavy atom. The molecule has 2 aromatic carbocycles. The normalized spacial score (nSPS) is 16.0. The minimum Gasteiger partial charge on any atom is -0.353 e. The monoisotopic (exact) mass is 347 g/mol. The van der Waals surface area contributed by atoms with E-state index in [2.05, 4.69) is 40.2 Å². The van der Waals surface area contributed by atoms with Gasteiger partial charge < -0.3 is 9.88 Å². The van der Waals surface area contributed by atoms with Crippen LogP contribution in [-0.2, 0) is 7.05 Å². The molecule has 1 unspecified atom stereocenters. The molecule has 1 fully saturated rings. The number of carbonyl (C=O) groups is 1. The molecule has 0 bridgehead atoms. The summed E-state index contributed by atoms with van der Waals surface area (Å²) in [6.45, 7) is 2.82. The van der Waals surface area contributed by atoms with E-state index in [0.29, 0.717) is 6.54 Å². The number of likely N-dealkylation sites (tertiary alicyclic amines) is 1. The Balaban J connectivity index is 1.55. The second-order valence-corrected chi connectivity index (χ2v) is 7.04. The van der Waals surface area contributed by atoms with Crippen molar-refractivity contribution < 1.29 is 4.79 Å². The van der Waals surface area contributed by atoms with Crippen molar-refractivity contribution in [2.75, 3.05) is 19.6 Å². The van der Waals surface area contributed by atoms with Gasteiger partial charge in [0, 0.05) is 31.0 Å². The largest absolute Gasteiger partial charge is 0.353 e. The van der Waals surface area contributed by atoms with E-state index in [1.807, 2.05) is 42.5 Å². The van der Waals surface area contributed by atoms with E-state index < -0.39 is 0 Å². The van der Waals surface area contributed by atoms with Gasteiger partial charge in [-0.15, -0.1) is 0 Å². The number of aromatic nitrogens is 1. The number of aryl methyl sites for hydroxylation is 1. The topological polar surface area (TPSA) is 37.3 Å². The number of fused-ring (bicyclic) bond motifs is 1. The zero-order chi connectivity index (χ0) is 17.9. The molecule has 0 saturated carbocycles. The van der Waals surface area contributed by atoms with Gasteiger partial charge in [-0.25, -0.2) is 0 Å². The minimum atomic E-state index is 0.000191. The fourth-order valence-electron chi connectivity index (χ4n) is 4.00. The van der Waals surface area contributed by atoms with Crippen molar-refractivity contribution >= 4 is 16.7 Å². The average Bonchev–Trinajstić information content (AvgIpc) is 3.34. The van der Waals surface area contributed by atoms with Gasteiger partial charge in [0.2, 0.25) is 0 Å². The van der Waals surface area contributed by atoms with Gasteiger partial charge in [-0.1, -0.05) is 36.4 Å². The van der Waals surface area contributed by atoms with Crippen LogP contribution < -0.4 is 5.32 Å². The van der Waals surface area contributed by atoms with Crippen molar-refractivity contribution in [3.05, 3.63) is 72.1 Å². The third-order valence-corrected chi connectivity index (χ3v) is 5.40. The molecule has 26 heavy (non-hydrogen) atoms. The van der Waals surface area contributed by atoms with Crippen LogP contribution in [0.25, 0.3) is 10.8 Å². The Hall–Kier alpha value is -2.59. The fourth-order valence-corrected chi connectivity index (χ4v) is 4.00. The number of rotatable bonds is 5. The van der Waals surface area contributed by atoms with Crippen molar-refractivity contribution in [1.29, 1.82) is 0 Å². The van der Waals surface area contributed by atoms with E-state index in [0.717, 1.165) is 29.4 Å². The summed E-state index contributed by atoms with van der Waals surface area (Å²) < 4.78 is 2.16. The van der Waals surface area contributed by atoms with Crippen molar-refractivity contribution in [3.63, 3.8) is 0 Å². The summed E-state index contributed by atoms with van der Waals surface area (Å²) in [6, 6.07) is 18.4. The molecule has 0 spiro atoms. The summed E-state index contributed by atoms with van der Waals surface area (Å²) in [5.41, 5.74) is 2.00. The molecule has 1 saturated heterocycles. The highest BCUT2D eigenvalue weighted by atomic mass is 16.1. The maximum Gasteiger partial charge on any atom is 0.251 e. The van der Waals surface area contributed by atoms with E-state index in [-0.39, 0.29) is 11.9 Å². The highest BCUT2D eigenvalue weighted by molar-refractivity contribution is 6.07. The van der Waals surface area contributed by atoms with Gasteiger partial charge in [0.15, 0.2) is 0 Å². The summed E-state index contributed by atoms with van der Waals surface area (Å²) in [5.74, 6) is 0.000191. The Labute approximate surface area is 154 Å². The zero-order valence-corrected chi connectivity index (χ0v) is 15.2. The predicted molar refractivity (Wildman–Crippen MR) is 105 cm³/mol. The molecular weight excluding hydrogens is 322 g/mol. The molecule has 1 aliphatic rings. The Morgan fingerprint density at radius 3 is 2.58 bits per heavy atom. The lowest BCUT2D eigenvalue weighted by atomic mass is 10.0. The van der Waals surface area contributed by atoms with Gasteiger partial charge in [-0.3, -0.25) is 9.69 Å². The summed E-state index contributed by atoms with van der Waals surface area (Å²) in [5, 5.41) is 5.29. The van der Waals surface area contributed by atoms with E-state index in [1.54, 1.807) is 0 Å². The van der Waals surface area contributed by atoms with E-state index in [4.69, 9.17) is 0 Å². The fraction of sp³-hybridized carbons (Fsp3) is 0.318. The third-order valence-electron chi connectivity index (χ3n) is 5.40. The van der Waals surface area contributed by atoms with Crippen LogP contribution in [0.3, 0.4) is 0 Å². The second-order valence-electron chi connectivity index (χ2n) is 7.04. The molecule has 4 rings (SSSR count). The number of hydrogen-bond donors (Lipinski definition) is 1. The number of carbonyl (C=O) groups excluding carboxylic acids is 1. The summed E-state index contributed by atoms with van der Waals surface area (Å²) in [7, 11) is 2.07. The van der Waals surface area contributed by atoms with Gasteiger partial charge in [-0.2, -0.15) is 0 Å². The molecule has 0 aliphatic carbocycles.